The molecule has 0 aliphatic carbocycles. The van der Waals surface area contributed by atoms with Crippen molar-refractivity contribution in [3.8, 4) is 5.69 Å². The smallest absolute Gasteiger partial charge is 0.170 e. The number of morpholine rings is 1. The molecule has 2 fully saturated rings. The minimum Gasteiger partial charge on any atom is -0.379 e. The molecule has 7 nitrogen and oxygen atoms in total. The molecule has 0 spiro atoms. The minimum absolute atomic E-state index is 0.00606. The Hall–Kier alpha value is -2.94. The number of anilines is 1. The first-order valence-corrected chi connectivity index (χ1v) is 13.1. The lowest BCUT2D eigenvalue weighted by Gasteiger charge is -2.32. The van der Waals surface area contributed by atoms with Crippen LogP contribution in [0.2, 0.25) is 0 Å². The fourth-order valence-corrected chi connectivity index (χ4v) is 5.77. The van der Waals surface area contributed by atoms with Gasteiger partial charge in [0.1, 0.15) is 0 Å². The Balaban J connectivity index is 1.50. The molecular formula is C28H36N6OS. The number of ether oxygens (including phenoxy) is 1. The highest BCUT2D eigenvalue weighted by Gasteiger charge is 2.41. The van der Waals surface area contributed by atoms with Gasteiger partial charge in [-0.3, -0.25) is 9.88 Å². The minimum atomic E-state index is -0.00606. The van der Waals surface area contributed by atoms with E-state index in [2.05, 4.69) is 95.0 Å². The molecule has 0 amide bonds. The van der Waals surface area contributed by atoms with Gasteiger partial charge in [-0.1, -0.05) is 6.07 Å². The van der Waals surface area contributed by atoms with Gasteiger partial charge in [-0.25, -0.2) is 0 Å². The average molecular weight is 505 g/mol. The van der Waals surface area contributed by atoms with E-state index in [-0.39, 0.29) is 12.1 Å². The predicted molar refractivity (Wildman–Crippen MR) is 149 cm³/mol. The molecule has 2 aromatic heterocycles. The molecule has 2 saturated heterocycles. The summed E-state index contributed by atoms with van der Waals surface area (Å²) in [5, 5.41) is 4.40. The van der Waals surface area contributed by atoms with E-state index in [1.165, 1.54) is 28.3 Å². The van der Waals surface area contributed by atoms with Crippen molar-refractivity contribution in [2.45, 2.75) is 25.9 Å². The van der Waals surface area contributed by atoms with Crippen LogP contribution in [0.15, 0.2) is 54.7 Å². The van der Waals surface area contributed by atoms with Crippen LogP contribution in [0.4, 0.5) is 5.69 Å². The average Bonchev–Trinajstić information content (AvgIpc) is 3.38. The number of hydrogen-bond donors (Lipinski definition) is 1. The molecule has 1 N–H and O–H groups in total. The quantitative estimate of drug-likeness (QED) is 0.491. The van der Waals surface area contributed by atoms with Crippen molar-refractivity contribution >= 4 is 23.0 Å². The fraction of sp³-hybridized carbons (Fsp3) is 0.429. The van der Waals surface area contributed by atoms with Crippen molar-refractivity contribution in [3.05, 3.63) is 77.4 Å². The largest absolute Gasteiger partial charge is 0.379 e. The Labute approximate surface area is 219 Å². The Morgan fingerprint density at radius 1 is 1.06 bits per heavy atom. The summed E-state index contributed by atoms with van der Waals surface area (Å²) < 4.78 is 7.90. The highest BCUT2D eigenvalue weighted by molar-refractivity contribution is 7.80. The number of aromatic nitrogens is 2. The molecule has 8 heteroatoms. The van der Waals surface area contributed by atoms with Crippen molar-refractivity contribution in [1.82, 2.24) is 24.7 Å². The zero-order valence-corrected chi connectivity index (χ0v) is 22.5. The highest BCUT2D eigenvalue weighted by Crippen LogP contribution is 2.41. The normalized spacial score (nSPS) is 20.6. The van der Waals surface area contributed by atoms with Crippen molar-refractivity contribution in [2.24, 2.45) is 0 Å². The van der Waals surface area contributed by atoms with Gasteiger partial charge in [0.2, 0.25) is 0 Å². The summed E-state index contributed by atoms with van der Waals surface area (Å²) in [4.78, 5) is 11.7. The van der Waals surface area contributed by atoms with E-state index in [0.717, 1.165) is 50.2 Å². The van der Waals surface area contributed by atoms with Crippen LogP contribution in [0.1, 0.15) is 34.7 Å². The molecule has 190 valence electrons. The number of hydrogen-bond acceptors (Lipinski definition) is 5. The Kier molecular flexibility index (Phi) is 7.27. The van der Waals surface area contributed by atoms with Gasteiger partial charge in [-0.15, -0.1) is 0 Å². The standard InChI is InChI=1S/C28H36N6OS/c1-20-19-24(21(2)34(20)23-10-8-22(9-11-23)31(3)4)27-26(25-7-5-6-12-29-25)30-28(36)33(27)14-13-32-15-17-35-18-16-32/h5-12,19,26-27H,13-18H2,1-4H3,(H,30,36)/t26-,27-/m0/s1. The molecule has 2 aliphatic rings. The Morgan fingerprint density at radius 2 is 1.81 bits per heavy atom. The maximum absolute atomic E-state index is 5.91. The third-order valence-corrected chi connectivity index (χ3v) is 7.72. The second-order valence-corrected chi connectivity index (χ2v) is 10.2. The first-order valence-electron chi connectivity index (χ1n) is 12.7. The zero-order valence-electron chi connectivity index (χ0n) is 21.6. The number of benzene rings is 1. The lowest BCUT2D eigenvalue weighted by molar-refractivity contribution is 0.0350. The third kappa shape index (κ3) is 4.85. The number of thiocarbonyl (C=S) groups is 1. The van der Waals surface area contributed by atoms with Gasteiger partial charge >= 0.3 is 0 Å². The third-order valence-electron chi connectivity index (χ3n) is 7.37. The van der Waals surface area contributed by atoms with Crippen molar-refractivity contribution in [1.29, 1.82) is 0 Å². The molecule has 0 radical (unpaired) electrons. The van der Waals surface area contributed by atoms with Crippen LogP contribution in [-0.2, 0) is 4.74 Å². The van der Waals surface area contributed by atoms with Crippen LogP contribution in [0.3, 0.4) is 0 Å². The lowest BCUT2D eigenvalue weighted by Crippen LogP contribution is -2.42. The van der Waals surface area contributed by atoms with Crippen LogP contribution < -0.4 is 10.2 Å². The Morgan fingerprint density at radius 3 is 2.47 bits per heavy atom. The van der Waals surface area contributed by atoms with Crippen LogP contribution in [-0.4, -0.2) is 78.0 Å². The van der Waals surface area contributed by atoms with E-state index in [9.17, 15) is 0 Å². The lowest BCUT2D eigenvalue weighted by atomic mass is 9.96. The summed E-state index contributed by atoms with van der Waals surface area (Å²) in [6.45, 7) is 9.78. The van der Waals surface area contributed by atoms with Gasteiger partial charge in [0.05, 0.1) is 31.0 Å². The number of aryl methyl sites for hydroxylation is 1. The zero-order chi connectivity index (χ0) is 25.2. The fourth-order valence-electron chi connectivity index (χ4n) is 5.44. The number of pyridine rings is 1. The second-order valence-electron chi connectivity index (χ2n) is 9.85. The van der Waals surface area contributed by atoms with E-state index < -0.39 is 0 Å². The summed E-state index contributed by atoms with van der Waals surface area (Å²) in [7, 11) is 4.14. The van der Waals surface area contributed by atoms with Crippen LogP contribution in [0.5, 0.6) is 0 Å². The first kappa shape index (κ1) is 24.7. The van der Waals surface area contributed by atoms with Gasteiger partial charge in [0.15, 0.2) is 5.11 Å². The summed E-state index contributed by atoms with van der Waals surface area (Å²) in [5.74, 6) is 0. The first-order chi connectivity index (χ1) is 17.4. The summed E-state index contributed by atoms with van der Waals surface area (Å²) in [5.41, 5.74) is 7.11. The SMILES string of the molecule is Cc1cc([C@H]2[C@H](c3ccccn3)NC(=S)N2CCN2CCOCC2)c(C)n1-c1ccc(N(C)C)cc1. The summed E-state index contributed by atoms with van der Waals surface area (Å²) in [6.07, 6.45) is 1.86. The number of nitrogens with one attached hydrogen (secondary N) is 1. The topological polar surface area (TPSA) is 48.8 Å². The van der Waals surface area contributed by atoms with E-state index in [1.54, 1.807) is 0 Å². The molecule has 0 saturated carbocycles. The molecule has 2 aliphatic heterocycles. The molecule has 3 aromatic rings. The number of nitrogens with zero attached hydrogens (tertiary/aromatic N) is 5. The Bertz CT molecular complexity index is 1190. The van der Waals surface area contributed by atoms with Gasteiger partial charge in [0, 0.05) is 69.2 Å². The molecule has 36 heavy (non-hydrogen) atoms. The molecule has 4 heterocycles. The maximum Gasteiger partial charge on any atom is 0.170 e. The summed E-state index contributed by atoms with van der Waals surface area (Å²) in [6, 6.07) is 17.2. The van der Waals surface area contributed by atoms with Crippen LogP contribution in [0.25, 0.3) is 5.69 Å². The molecule has 5 rings (SSSR count). The predicted octanol–water partition coefficient (Wildman–Crippen LogP) is 3.86. The molecular weight excluding hydrogens is 468 g/mol. The maximum atomic E-state index is 5.91. The molecule has 0 unspecified atom stereocenters. The van der Waals surface area contributed by atoms with Gasteiger partial charge < -0.3 is 24.4 Å². The second kappa shape index (κ2) is 10.6. The molecule has 2 atom stereocenters. The van der Waals surface area contributed by atoms with E-state index >= 15 is 0 Å². The van der Waals surface area contributed by atoms with E-state index in [0.29, 0.717) is 0 Å². The molecule has 0 bridgehead atoms. The van der Waals surface area contributed by atoms with Crippen LogP contribution >= 0.6 is 12.2 Å². The number of rotatable bonds is 7. The van der Waals surface area contributed by atoms with Crippen LogP contribution in [0, 0.1) is 13.8 Å². The molecule has 1 aromatic carbocycles. The highest BCUT2D eigenvalue weighted by atomic mass is 32.1. The van der Waals surface area contributed by atoms with Gasteiger partial charge in [-0.05, 0) is 74.1 Å². The van der Waals surface area contributed by atoms with Gasteiger partial charge in [-0.2, -0.15) is 0 Å². The summed E-state index contributed by atoms with van der Waals surface area (Å²) >= 11 is 5.91. The van der Waals surface area contributed by atoms with Crippen molar-refractivity contribution in [3.63, 3.8) is 0 Å². The van der Waals surface area contributed by atoms with E-state index in [4.69, 9.17) is 21.9 Å². The van der Waals surface area contributed by atoms with Crippen molar-refractivity contribution in [2.75, 3.05) is 58.4 Å². The van der Waals surface area contributed by atoms with Gasteiger partial charge in [0.25, 0.3) is 0 Å². The van der Waals surface area contributed by atoms with Crippen molar-refractivity contribution < 1.29 is 4.74 Å². The van der Waals surface area contributed by atoms with E-state index in [1.807, 2.05) is 12.3 Å². The monoisotopic (exact) mass is 504 g/mol.